The lowest BCUT2D eigenvalue weighted by molar-refractivity contribution is -0.147. The van der Waals surface area contributed by atoms with Crippen molar-refractivity contribution < 1.29 is 22.8 Å². The summed E-state index contributed by atoms with van der Waals surface area (Å²) in [5.74, 6) is -1.47. The average Bonchev–Trinajstić information content (AvgIpc) is 3.19. The molecule has 30 heavy (non-hydrogen) atoms. The number of carbonyl (C=O) groups is 3. The number of nitrogens with zero attached hydrogens (tertiary/aromatic N) is 1. The van der Waals surface area contributed by atoms with Gasteiger partial charge in [0, 0.05) is 12.1 Å². The van der Waals surface area contributed by atoms with Gasteiger partial charge in [-0.3, -0.25) is 19.3 Å². The third-order valence-electron chi connectivity index (χ3n) is 5.69. The SMILES string of the molecule is CC(C)[C@@H](C(=O)Nc1ccc(S(N)(=O)=O)cc1)N1C(=O)C[C@@H]([C@@H]2C=C[C@H](C)C2)C1=O. The molecule has 0 saturated carbocycles. The largest absolute Gasteiger partial charge is 0.324 e. The molecule has 0 radical (unpaired) electrons. The number of sulfonamides is 1. The van der Waals surface area contributed by atoms with Crippen LogP contribution in [0, 0.1) is 23.7 Å². The van der Waals surface area contributed by atoms with Gasteiger partial charge in [0.25, 0.3) is 0 Å². The Morgan fingerprint density at radius 3 is 2.30 bits per heavy atom. The number of likely N-dealkylation sites (tertiary alicyclic amines) is 1. The van der Waals surface area contributed by atoms with Crippen LogP contribution in [0.4, 0.5) is 5.69 Å². The summed E-state index contributed by atoms with van der Waals surface area (Å²) in [6.45, 7) is 5.63. The van der Waals surface area contributed by atoms with Gasteiger partial charge in [0.15, 0.2) is 0 Å². The van der Waals surface area contributed by atoms with Gasteiger partial charge in [-0.05, 0) is 48.4 Å². The van der Waals surface area contributed by atoms with E-state index in [1.54, 1.807) is 13.8 Å². The van der Waals surface area contributed by atoms with Crippen LogP contribution in [-0.2, 0) is 24.4 Å². The molecule has 2 aliphatic rings. The lowest BCUT2D eigenvalue weighted by Gasteiger charge is -2.29. The second kappa shape index (κ2) is 8.31. The van der Waals surface area contributed by atoms with E-state index in [1.807, 2.05) is 6.08 Å². The van der Waals surface area contributed by atoms with E-state index in [4.69, 9.17) is 5.14 Å². The third-order valence-corrected chi connectivity index (χ3v) is 6.62. The van der Waals surface area contributed by atoms with E-state index in [0.717, 1.165) is 11.3 Å². The number of anilines is 1. The molecule has 0 unspecified atom stereocenters. The van der Waals surface area contributed by atoms with Crippen molar-refractivity contribution in [2.24, 2.45) is 28.8 Å². The number of amides is 3. The summed E-state index contributed by atoms with van der Waals surface area (Å²) in [5, 5.41) is 7.76. The maximum absolute atomic E-state index is 13.1. The van der Waals surface area contributed by atoms with Crippen LogP contribution < -0.4 is 10.5 Å². The van der Waals surface area contributed by atoms with Gasteiger partial charge in [-0.2, -0.15) is 0 Å². The summed E-state index contributed by atoms with van der Waals surface area (Å²) in [4.78, 5) is 39.8. The number of imide groups is 1. The number of rotatable bonds is 6. The predicted molar refractivity (Wildman–Crippen MR) is 111 cm³/mol. The second-order valence-corrected chi connectivity index (χ2v) is 9.98. The smallest absolute Gasteiger partial charge is 0.247 e. The zero-order valence-corrected chi connectivity index (χ0v) is 18.1. The van der Waals surface area contributed by atoms with Gasteiger partial charge < -0.3 is 5.32 Å². The van der Waals surface area contributed by atoms with Crippen LogP contribution >= 0.6 is 0 Å². The van der Waals surface area contributed by atoms with Crippen LogP contribution in [0.5, 0.6) is 0 Å². The van der Waals surface area contributed by atoms with Crippen molar-refractivity contribution in [3.05, 3.63) is 36.4 Å². The molecular formula is C21H27N3O5S. The van der Waals surface area contributed by atoms with E-state index in [9.17, 15) is 22.8 Å². The van der Waals surface area contributed by atoms with Gasteiger partial charge in [-0.25, -0.2) is 13.6 Å². The fraction of sp³-hybridized carbons (Fsp3) is 0.476. The van der Waals surface area contributed by atoms with Crippen molar-refractivity contribution in [2.45, 2.75) is 44.6 Å². The van der Waals surface area contributed by atoms with Gasteiger partial charge in [0.1, 0.15) is 6.04 Å². The Morgan fingerprint density at radius 1 is 1.17 bits per heavy atom. The summed E-state index contributed by atoms with van der Waals surface area (Å²) in [6.07, 6.45) is 5.00. The standard InChI is InChI=1S/C21H27N3O5S/c1-12(2)19(20(26)23-15-6-8-16(9-7-15)30(22,28)29)24-18(25)11-17(21(24)27)14-5-4-13(3)10-14/h4-9,12-14,17,19H,10-11H2,1-3H3,(H,23,26)(H2,22,28,29)/t13-,14+,17-,19-/m0/s1. The highest BCUT2D eigenvalue weighted by atomic mass is 32.2. The molecule has 3 rings (SSSR count). The van der Waals surface area contributed by atoms with E-state index >= 15 is 0 Å². The van der Waals surface area contributed by atoms with E-state index in [2.05, 4.69) is 18.3 Å². The van der Waals surface area contributed by atoms with Crippen molar-refractivity contribution in [3.8, 4) is 0 Å². The number of hydrogen-bond acceptors (Lipinski definition) is 5. The van der Waals surface area contributed by atoms with Crippen LogP contribution in [0.25, 0.3) is 0 Å². The minimum absolute atomic E-state index is 0.0167. The predicted octanol–water partition coefficient (Wildman–Crippen LogP) is 1.88. The molecule has 162 valence electrons. The van der Waals surface area contributed by atoms with Crippen molar-refractivity contribution in [1.29, 1.82) is 0 Å². The fourth-order valence-electron chi connectivity index (χ4n) is 4.18. The average molecular weight is 434 g/mol. The highest BCUT2D eigenvalue weighted by molar-refractivity contribution is 7.89. The van der Waals surface area contributed by atoms with Crippen LogP contribution in [0.15, 0.2) is 41.3 Å². The molecule has 9 heteroatoms. The highest BCUT2D eigenvalue weighted by Gasteiger charge is 2.48. The summed E-state index contributed by atoms with van der Waals surface area (Å²) >= 11 is 0. The van der Waals surface area contributed by atoms with E-state index < -0.39 is 27.9 Å². The molecule has 0 aromatic heterocycles. The molecule has 1 fully saturated rings. The topological polar surface area (TPSA) is 127 Å². The summed E-state index contributed by atoms with van der Waals surface area (Å²) in [6, 6.07) is 4.44. The maximum atomic E-state index is 13.1. The fourth-order valence-corrected chi connectivity index (χ4v) is 4.70. The molecule has 0 bridgehead atoms. The number of allylic oxidation sites excluding steroid dienone is 2. The Bertz CT molecular complexity index is 984. The second-order valence-electron chi connectivity index (χ2n) is 8.42. The molecule has 1 aromatic carbocycles. The van der Waals surface area contributed by atoms with Crippen molar-refractivity contribution in [2.75, 3.05) is 5.32 Å². The normalized spacial score (nSPS) is 25.2. The quantitative estimate of drug-likeness (QED) is 0.523. The molecule has 0 spiro atoms. The number of nitrogens with two attached hydrogens (primary N) is 1. The monoisotopic (exact) mass is 433 g/mol. The minimum Gasteiger partial charge on any atom is -0.324 e. The Balaban J connectivity index is 1.78. The Kier molecular flexibility index (Phi) is 6.14. The number of hydrogen-bond donors (Lipinski definition) is 2. The highest BCUT2D eigenvalue weighted by Crippen LogP contribution is 2.37. The molecule has 3 amide bonds. The lowest BCUT2D eigenvalue weighted by Crippen LogP contribution is -2.50. The van der Waals surface area contributed by atoms with E-state index in [0.29, 0.717) is 11.6 Å². The molecule has 1 aromatic rings. The molecule has 8 nitrogen and oxygen atoms in total. The molecule has 1 saturated heterocycles. The molecule has 4 atom stereocenters. The Morgan fingerprint density at radius 2 is 1.80 bits per heavy atom. The first kappa shape index (κ1) is 22.2. The summed E-state index contributed by atoms with van der Waals surface area (Å²) < 4.78 is 22.7. The van der Waals surface area contributed by atoms with Gasteiger partial charge in [0.2, 0.25) is 27.7 Å². The van der Waals surface area contributed by atoms with Crippen molar-refractivity contribution in [1.82, 2.24) is 4.90 Å². The summed E-state index contributed by atoms with van der Waals surface area (Å²) in [5.41, 5.74) is 0.348. The van der Waals surface area contributed by atoms with Gasteiger partial charge in [-0.1, -0.05) is 32.9 Å². The molecule has 1 aliphatic carbocycles. The zero-order chi connectivity index (χ0) is 22.2. The molecule has 1 heterocycles. The number of carbonyl (C=O) groups excluding carboxylic acids is 3. The third kappa shape index (κ3) is 4.46. The minimum atomic E-state index is -3.84. The van der Waals surface area contributed by atoms with Gasteiger partial charge >= 0.3 is 0 Å². The van der Waals surface area contributed by atoms with E-state index in [1.165, 1.54) is 24.3 Å². The Labute approximate surface area is 176 Å². The first-order valence-corrected chi connectivity index (χ1v) is 11.5. The van der Waals surface area contributed by atoms with Crippen LogP contribution in [-0.4, -0.2) is 37.1 Å². The van der Waals surface area contributed by atoms with Gasteiger partial charge in [0.05, 0.1) is 10.8 Å². The van der Waals surface area contributed by atoms with Crippen LogP contribution in [0.2, 0.25) is 0 Å². The van der Waals surface area contributed by atoms with Crippen molar-refractivity contribution in [3.63, 3.8) is 0 Å². The number of nitrogens with one attached hydrogen (secondary N) is 1. The molecular weight excluding hydrogens is 406 g/mol. The van der Waals surface area contributed by atoms with Crippen LogP contribution in [0.3, 0.4) is 0 Å². The first-order valence-electron chi connectivity index (χ1n) is 9.97. The first-order chi connectivity index (χ1) is 14.0. The molecule has 3 N–H and O–H groups in total. The Hall–Kier alpha value is -2.52. The number of primary sulfonamides is 1. The number of benzene rings is 1. The van der Waals surface area contributed by atoms with Crippen LogP contribution in [0.1, 0.15) is 33.6 Å². The summed E-state index contributed by atoms with van der Waals surface area (Å²) in [7, 11) is -3.84. The van der Waals surface area contributed by atoms with Crippen molar-refractivity contribution >= 4 is 33.4 Å². The van der Waals surface area contributed by atoms with Gasteiger partial charge in [-0.15, -0.1) is 0 Å². The maximum Gasteiger partial charge on any atom is 0.247 e. The lowest BCUT2D eigenvalue weighted by atomic mass is 9.89. The zero-order valence-electron chi connectivity index (χ0n) is 17.2. The van der Waals surface area contributed by atoms with E-state index in [-0.39, 0.29) is 35.0 Å². The molecule has 1 aliphatic heterocycles.